The lowest BCUT2D eigenvalue weighted by Gasteiger charge is -2.24. The number of aliphatic hydroxyl groups excluding tert-OH is 1. The molecule has 1 heterocycles. The SMILES string of the molecule is OC(CNCC1CCCCN1)c1ccccc1. The van der Waals surface area contributed by atoms with Crippen molar-refractivity contribution in [3.8, 4) is 0 Å². The normalized spacial score (nSPS) is 22.3. The minimum absolute atomic E-state index is 0.403. The fraction of sp³-hybridized carbons (Fsp3) is 0.571. The predicted octanol–water partition coefficient (Wildman–Crippen LogP) is 1.45. The van der Waals surface area contributed by atoms with Crippen molar-refractivity contribution in [2.45, 2.75) is 31.4 Å². The van der Waals surface area contributed by atoms with Crippen molar-refractivity contribution in [3.63, 3.8) is 0 Å². The topological polar surface area (TPSA) is 44.3 Å². The standard InChI is InChI=1S/C14H22N2O/c17-14(12-6-2-1-3-7-12)11-15-10-13-8-4-5-9-16-13/h1-3,6-7,13-17H,4-5,8-11H2. The molecule has 0 spiro atoms. The highest BCUT2D eigenvalue weighted by molar-refractivity contribution is 5.17. The molecule has 3 nitrogen and oxygen atoms in total. The van der Waals surface area contributed by atoms with E-state index in [0.29, 0.717) is 12.6 Å². The van der Waals surface area contributed by atoms with Crippen LogP contribution in [0.4, 0.5) is 0 Å². The van der Waals surface area contributed by atoms with Gasteiger partial charge >= 0.3 is 0 Å². The number of rotatable bonds is 5. The average Bonchev–Trinajstić information content (AvgIpc) is 2.41. The Morgan fingerprint density at radius 2 is 2.12 bits per heavy atom. The van der Waals surface area contributed by atoms with Crippen LogP contribution in [0, 0.1) is 0 Å². The number of aliphatic hydroxyl groups is 1. The first kappa shape index (κ1) is 12.6. The molecule has 1 fully saturated rings. The van der Waals surface area contributed by atoms with Crippen LogP contribution in [-0.4, -0.2) is 30.8 Å². The molecule has 1 aliphatic heterocycles. The van der Waals surface area contributed by atoms with Crippen LogP contribution >= 0.6 is 0 Å². The summed E-state index contributed by atoms with van der Waals surface area (Å²) in [5.41, 5.74) is 0.983. The van der Waals surface area contributed by atoms with Crippen molar-refractivity contribution < 1.29 is 5.11 Å². The molecule has 1 aliphatic rings. The maximum atomic E-state index is 9.97. The van der Waals surface area contributed by atoms with E-state index in [2.05, 4.69) is 10.6 Å². The number of hydrogen-bond acceptors (Lipinski definition) is 3. The summed E-state index contributed by atoms with van der Waals surface area (Å²) in [7, 11) is 0. The Bertz CT molecular complexity index is 309. The molecule has 0 bridgehead atoms. The summed E-state index contributed by atoms with van der Waals surface area (Å²) in [6.07, 6.45) is 3.46. The van der Waals surface area contributed by atoms with Crippen LogP contribution < -0.4 is 10.6 Å². The van der Waals surface area contributed by atoms with Crippen LogP contribution in [-0.2, 0) is 0 Å². The summed E-state index contributed by atoms with van der Waals surface area (Å²) >= 11 is 0. The highest BCUT2D eigenvalue weighted by atomic mass is 16.3. The third kappa shape index (κ3) is 4.11. The number of hydrogen-bond donors (Lipinski definition) is 3. The summed E-state index contributed by atoms with van der Waals surface area (Å²) in [5, 5.41) is 16.8. The van der Waals surface area contributed by atoms with Crippen LogP contribution in [0.1, 0.15) is 30.9 Å². The molecule has 0 saturated carbocycles. The first-order valence-corrected chi connectivity index (χ1v) is 6.53. The molecule has 0 aromatic heterocycles. The number of piperidine rings is 1. The zero-order chi connectivity index (χ0) is 11.9. The van der Waals surface area contributed by atoms with E-state index >= 15 is 0 Å². The van der Waals surface area contributed by atoms with Gasteiger partial charge < -0.3 is 15.7 Å². The molecule has 17 heavy (non-hydrogen) atoms. The molecule has 2 rings (SSSR count). The number of nitrogens with one attached hydrogen (secondary N) is 2. The fourth-order valence-electron chi connectivity index (χ4n) is 2.29. The Morgan fingerprint density at radius 1 is 1.29 bits per heavy atom. The van der Waals surface area contributed by atoms with Gasteiger partial charge in [-0.15, -0.1) is 0 Å². The molecule has 1 aromatic carbocycles. The third-order valence-electron chi connectivity index (χ3n) is 3.33. The van der Waals surface area contributed by atoms with Gasteiger partial charge in [-0.25, -0.2) is 0 Å². The Hall–Kier alpha value is -0.900. The van der Waals surface area contributed by atoms with E-state index in [1.807, 2.05) is 30.3 Å². The van der Waals surface area contributed by atoms with E-state index in [1.54, 1.807) is 0 Å². The Balaban J connectivity index is 1.67. The van der Waals surface area contributed by atoms with Gasteiger partial charge in [-0.05, 0) is 24.9 Å². The lowest BCUT2D eigenvalue weighted by atomic mass is 10.0. The average molecular weight is 234 g/mol. The molecule has 1 aromatic rings. The van der Waals surface area contributed by atoms with E-state index in [9.17, 15) is 5.11 Å². The van der Waals surface area contributed by atoms with Crippen molar-refractivity contribution in [3.05, 3.63) is 35.9 Å². The van der Waals surface area contributed by atoms with Gasteiger partial charge in [0.05, 0.1) is 6.10 Å². The Kier molecular flexibility index (Phi) is 4.98. The van der Waals surface area contributed by atoms with Crippen LogP contribution in [0.2, 0.25) is 0 Å². The summed E-state index contributed by atoms with van der Waals surface area (Å²) in [4.78, 5) is 0. The predicted molar refractivity (Wildman–Crippen MR) is 69.9 cm³/mol. The second-order valence-corrected chi connectivity index (χ2v) is 4.73. The van der Waals surface area contributed by atoms with E-state index in [4.69, 9.17) is 0 Å². The third-order valence-corrected chi connectivity index (χ3v) is 3.33. The summed E-state index contributed by atoms with van der Waals surface area (Å²) in [5.74, 6) is 0. The van der Waals surface area contributed by atoms with Gasteiger partial charge in [-0.1, -0.05) is 36.8 Å². The minimum Gasteiger partial charge on any atom is -0.387 e. The van der Waals surface area contributed by atoms with Crippen molar-refractivity contribution >= 4 is 0 Å². The van der Waals surface area contributed by atoms with Gasteiger partial charge in [-0.3, -0.25) is 0 Å². The molecule has 2 atom stereocenters. The second kappa shape index (κ2) is 6.74. The zero-order valence-corrected chi connectivity index (χ0v) is 10.2. The monoisotopic (exact) mass is 234 g/mol. The highest BCUT2D eigenvalue weighted by Gasteiger charge is 2.12. The second-order valence-electron chi connectivity index (χ2n) is 4.73. The van der Waals surface area contributed by atoms with Crippen molar-refractivity contribution in [2.24, 2.45) is 0 Å². The smallest absolute Gasteiger partial charge is 0.0914 e. The molecule has 3 N–H and O–H groups in total. The molecule has 2 unspecified atom stereocenters. The van der Waals surface area contributed by atoms with E-state index in [-0.39, 0.29) is 0 Å². The molecular formula is C14H22N2O. The number of benzene rings is 1. The van der Waals surface area contributed by atoms with Gasteiger partial charge in [0.15, 0.2) is 0 Å². The Morgan fingerprint density at radius 3 is 2.82 bits per heavy atom. The molecular weight excluding hydrogens is 212 g/mol. The molecule has 94 valence electrons. The quantitative estimate of drug-likeness (QED) is 0.722. The fourth-order valence-corrected chi connectivity index (χ4v) is 2.29. The van der Waals surface area contributed by atoms with Gasteiger partial charge in [0.25, 0.3) is 0 Å². The zero-order valence-electron chi connectivity index (χ0n) is 10.2. The van der Waals surface area contributed by atoms with Gasteiger partial charge in [0.2, 0.25) is 0 Å². The van der Waals surface area contributed by atoms with E-state index in [0.717, 1.165) is 18.7 Å². The largest absolute Gasteiger partial charge is 0.387 e. The molecule has 3 heteroatoms. The lowest BCUT2D eigenvalue weighted by molar-refractivity contribution is 0.172. The van der Waals surface area contributed by atoms with Gasteiger partial charge in [-0.2, -0.15) is 0 Å². The van der Waals surface area contributed by atoms with Crippen LogP contribution in [0.15, 0.2) is 30.3 Å². The van der Waals surface area contributed by atoms with Crippen molar-refractivity contribution in [1.82, 2.24) is 10.6 Å². The van der Waals surface area contributed by atoms with Crippen LogP contribution in [0.5, 0.6) is 0 Å². The van der Waals surface area contributed by atoms with Crippen LogP contribution in [0.3, 0.4) is 0 Å². The molecule has 0 aliphatic carbocycles. The van der Waals surface area contributed by atoms with E-state index in [1.165, 1.54) is 19.3 Å². The van der Waals surface area contributed by atoms with E-state index < -0.39 is 6.10 Å². The van der Waals surface area contributed by atoms with Crippen molar-refractivity contribution in [2.75, 3.05) is 19.6 Å². The lowest BCUT2D eigenvalue weighted by Crippen LogP contribution is -2.42. The summed E-state index contributed by atoms with van der Waals surface area (Å²) in [6, 6.07) is 10.4. The molecule has 0 amide bonds. The molecule has 1 saturated heterocycles. The first-order valence-electron chi connectivity index (χ1n) is 6.53. The van der Waals surface area contributed by atoms with Gasteiger partial charge in [0, 0.05) is 19.1 Å². The van der Waals surface area contributed by atoms with Crippen LogP contribution in [0.25, 0.3) is 0 Å². The first-order chi connectivity index (χ1) is 8.36. The van der Waals surface area contributed by atoms with Gasteiger partial charge in [0.1, 0.15) is 0 Å². The maximum absolute atomic E-state index is 9.97. The maximum Gasteiger partial charge on any atom is 0.0914 e. The minimum atomic E-state index is -0.403. The molecule has 0 radical (unpaired) electrons. The Labute approximate surface area is 103 Å². The van der Waals surface area contributed by atoms with Crippen molar-refractivity contribution in [1.29, 1.82) is 0 Å². The summed E-state index contributed by atoms with van der Waals surface area (Å²) < 4.78 is 0. The summed E-state index contributed by atoms with van der Waals surface area (Å²) in [6.45, 7) is 2.71. The highest BCUT2D eigenvalue weighted by Crippen LogP contribution is 2.11.